The van der Waals surface area contributed by atoms with Gasteiger partial charge in [0, 0.05) is 17.5 Å². The van der Waals surface area contributed by atoms with Crippen LogP contribution in [0, 0.1) is 10.1 Å². The normalized spacial score (nSPS) is 10.7. The van der Waals surface area contributed by atoms with Crippen molar-refractivity contribution in [1.82, 2.24) is 4.98 Å². The molecule has 1 aromatic heterocycles. The van der Waals surface area contributed by atoms with Crippen molar-refractivity contribution in [1.29, 1.82) is 0 Å². The molecular formula is C17H11Br2N3O4. The maximum Gasteiger partial charge on any atom is 0.271 e. The Kier molecular flexibility index (Phi) is 5.19. The van der Waals surface area contributed by atoms with E-state index in [0.29, 0.717) is 20.2 Å². The molecule has 0 unspecified atom stereocenters. The molecule has 0 spiro atoms. The molecule has 0 saturated heterocycles. The quantitative estimate of drug-likeness (QED) is 0.431. The number of benzene rings is 2. The highest BCUT2D eigenvalue weighted by molar-refractivity contribution is 9.11. The summed E-state index contributed by atoms with van der Waals surface area (Å²) in [6.07, 6.45) is 0. The van der Waals surface area contributed by atoms with E-state index in [1.165, 1.54) is 12.1 Å². The van der Waals surface area contributed by atoms with E-state index in [4.69, 9.17) is 10.5 Å². The Hall–Kier alpha value is -2.52. The van der Waals surface area contributed by atoms with Crippen LogP contribution in [0.25, 0.3) is 10.9 Å². The number of carbonyl (C=O) groups is 1. The number of nitro groups is 1. The van der Waals surface area contributed by atoms with Gasteiger partial charge in [-0.2, -0.15) is 0 Å². The Morgan fingerprint density at radius 3 is 2.46 bits per heavy atom. The Bertz CT molecular complexity index is 1020. The van der Waals surface area contributed by atoms with E-state index in [9.17, 15) is 14.9 Å². The van der Waals surface area contributed by atoms with Gasteiger partial charge in [0.15, 0.2) is 0 Å². The highest BCUT2D eigenvalue weighted by atomic mass is 79.9. The van der Waals surface area contributed by atoms with Gasteiger partial charge in [-0.1, -0.05) is 12.1 Å². The SMILES string of the molecule is NC(=O)c1ccc2cc(COc3c(Br)cc([N+](=O)[O-])cc3Br)ccc2n1. The number of nitrogens with two attached hydrogens (primary N) is 1. The number of non-ortho nitro benzene ring substituents is 1. The van der Waals surface area contributed by atoms with Gasteiger partial charge in [0.1, 0.15) is 18.1 Å². The monoisotopic (exact) mass is 479 g/mol. The van der Waals surface area contributed by atoms with E-state index in [0.717, 1.165) is 10.9 Å². The van der Waals surface area contributed by atoms with Crippen LogP contribution in [0.5, 0.6) is 5.75 Å². The third kappa shape index (κ3) is 3.83. The van der Waals surface area contributed by atoms with Gasteiger partial charge in [0.25, 0.3) is 11.6 Å². The molecule has 1 amide bonds. The molecule has 3 rings (SSSR count). The fourth-order valence-electron chi connectivity index (χ4n) is 2.35. The lowest BCUT2D eigenvalue weighted by Crippen LogP contribution is -2.12. The summed E-state index contributed by atoms with van der Waals surface area (Å²) in [5.41, 5.74) is 6.93. The van der Waals surface area contributed by atoms with Crippen molar-refractivity contribution in [3.8, 4) is 5.75 Å². The van der Waals surface area contributed by atoms with Gasteiger partial charge in [-0.25, -0.2) is 4.98 Å². The lowest BCUT2D eigenvalue weighted by molar-refractivity contribution is -0.385. The van der Waals surface area contributed by atoms with Crippen molar-refractivity contribution in [3.05, 3.63) is 72.8 Å². The van der Waals surface area contributed by atoms with Gasteiger partial charge in [0.05, 0.1) is 19.4 Å². The van der Waals surface area contributed by atoms with E-state index in [-0.39, 0.29) is 18.0 Å². The zero-order valence-corrected chi connectivity index (χ0v) is 16.3. The maximum atomic E-state index is 11.2. The first-order valence-electron chi connectivity index (χ1n) is 7.31. The molecule has 3 aromatic rings. The molecule has 0 atom stereocenters. The van der Waals surface area contributed by atoms with Crippen LogP contribution in [0.2, 0.25) is 0 Å². The minimum absolute atomic E-state index is 0.0434. The molecule has 2 aromatic carbocycles. The number of amides is 1. The number of primary amides is 1. The number of pyridine rings is 1. The maximum absolute atomic E-state index is 11.2. The summed E-state index contributed by atoms with van der Waals surface area (Å²) in [7, 11) is 0. The number of carbonyl (C=O) groups excluding carboxylic acids is 1. The zero-order chi connectivity index (χ0) is 18.8. The van der Waals surface area contributed by atoms with Gasteiger partial charge in [-0.05, 0) is 55.6 Å². The number of halogens is 2. The van der Waals surface area contributed by atoms with E-state index in [1.807, 2.05) is 12.1 Å². The third-order valence-electron chi connectivity index (χ3n) is 3.58. The van der Waals surface area contributed by atoms with Crippen LogP contribution in [0.3, 0.4) is 0 Å². The molecule has 1 heterocycles. The number of fused-ring (bicyclic) bond motifs is 1. The van der Waals surface area contributed by atoms with E-state index < -0.39 is 10.8 Å². The summed E-state index contributed by atoms with van der Waals surface area (Å²) in [5.74, 6) is -0.106. The van der Waals surface area contributed by atoms with Crippen LogP contribution < -0.4 is 10.5 Å². The van der Waals surface area contributed by atoms with Crippen LogP contribution >= 0.6 is 31.9 Å². The summed E-state index contributed by atoms with van der Waals surface area (Å²) in [4.78, 5) is 25.8. The fourth-order valence-corrected chi connectivity index (χ4v) is 3.74. The molecule has 0 aliphatic carbocycles. The Morgan fingerprint density at radius 2 is 1.85 bits per heavy atom. The van der Waals surface area contributed by atoms with Crippen LogP contribution in [-0.2, 0) is 6.61 Å². The highest BCUT2D eigenvalue weighted by Gasteiger charge is 2.15. The molecule has 0 saturated carbocycles. The second-order valence-electron chi connectivity index (χ2n) is 5.37. The average molecular weight is 481 g/mol. The van der Waals surface area contributed by atoms with Gasteiger partial charge >= 0.3 is 0 Å². The first kappa shape index (κ1) is 18.3. The van der Waals surface area contributed by atoms with Crippen LogP contribution in [0.4, 0.5) is 5.69 Å². The van der Waals surface area contributed by atoms with E-state index in [2.05, 4.69) is 36.8 Å². The molecule has 0 fully saturated rings. The van der Waals surface area contributed by atoms with Crippen LogP contribution in [-0.4, -0.2) is 15.8 Å². The molecule has 0 radical (unpaired) electrons. The standard InChI is InChI=1S/C17H11Br2N3O4/c18-12-6-11(22(24)25)7-13(19)16(12)26-8-9-1-3-14-10(5-9)2-4-15(21-14)17(20)23/h1-7H,8H2,(H2,20,23). The molecular weight excluding hydrogens is 470 g/mol. The molecule has 0 aliphatic heterocycles. The minimum atomic E-state index is -0.577. The summed E-state index contributed by atoms with van der Waals surface area (Å²) < 4.78 is 6.75. The van der Waals surface area contributed by atoms with Gasteiger partial charge < -0.3 is 10.5 Å². The summed E-state index contributed by atoms with van der Waals surface area (Å²) in [5, 5.41) is 11.7. The number of rotatable bonds is 5. The third-order valence-corrected chi connectivity index (χ3v) is 4.76. The number of nitro benzene ring substituents is 1. The number of ether oxygens (including phenoxy) is 1. The first-order chi connectivity index (χ1) is 12.3. The summed E-state index contributed by atoms with van der Waals surface area (Å²) >= 11 is 6.58. The van der Waals surface area contributed by atoms with Crippen molar-refractivity contribution in [2.24, 2.45) is 5.73 Å². The largest absolute Gasteiger partial charge is 0.487 e. The minimum Gasteiger partial charge on any atom is -0.487 e. The van der Waals surface area contributed by atoms with Crippen molar-refractivity contribution in [2.45, 2.75) is 6.61 Å². The predicted octanol–water partition coefficient (Wildman–Crippen LogP) is 4.35. The van der Waals surface area contributed by atoms with Crippen molar-refractivity contribution in [2.75, 3.05) is 0 Å². The molecule has 7 nitrogen and oxygen atoms in total. The molecule has 0 aliphatic rings. The van der Waals surface area contributed by atoms with E-state index >= 15 is 0 Å². The molecule has 132 valence electrons. The van der Waals surface area contributed by atoms with Crippen molar-refractivity contribution in [3.63, 3.8) is 0 Å². The topological polar surface area (TPSA) is 108 Å². The van der Waals surface area contributed by atoms with Crippen LogP contribution in [0.1, 0.15) is 16.1 Å². The summed E-state index contributed by atoms with van der Waals surface area (Å²) in [6, 6.07) is 11.6. The van der Waals surface area contributed by atoms with Gasteiger partial charge in [0.2, 0.25) is 0 Å². The van der Waals surface area contributed by atoms with Crippen molar-refractivity contribution >= 4 is 54.4 Å². The molecule has 2 N–H and O–H groups in total. The highest BCUT2D eigenvalue weighted by Crippen LogP contribution is 2.37. The van der Waals surface area contributed by atoms with E-state index in [1.54, 1.807) is 18.2 Å². The average Bonchev–Trinajstić information content (AvgIpc) is 2.60. The molecule has 26 heavy (non-hydrogen) atoms. The lowest BCUT2D eigenvalue weighted by atomic mass is 10.1. The lowest BCUT2D eigenvalue weighted by Gasteiger charge is -2.11. The second kappa shape index (κ2) is 7.38. The van der Waals surface area contributed by atoms with Crippen molar-refractivity contribution < 1.29 is 14.5 Å². The van der Waals surface area contributed by atoms with Gasteiger partial charge in [-0.15, -0.1) is 0 Å². The molecule has 0 bridgehead atoms. The number of nitrogens with zero attached hydrogens (tertiary/aromatic N) is 2. The first-order valence-corrected chi connectivity index (χ1v) is 8.89. The Morgan fingerprint density at radius 1 is 1.15 bits per heavy atom. The van der Waals surface area contributed by atoms with Crippen LogP contribution in [0.15, 0.2) is 51.4 Å². The second-order valence-corrected chi connectivity index (χ2v) is 7.08. The predicted molar refractivity (Wildman–Crippen MR) is 103 cm³/mol. The Balaban J connectivity index is 1.83. The Labute approximate surface area is 164 Å². The van der Waals surface area contributed by atoms with Gasteiger partial charge in [-0.3, -0.25) is 14.9 Å². The molecule has 9 heteroatoms. The number of aromatic nitrogens is 1. The smallest absolute Gasteiger partial charge is 0.271 e. The summed E-state index contributed by atoms with van der Waals surface area (Å²) in [6.45, 7) is 0.253. The number of hydrogen-bond acceptors (Lipinski definition) is 5. The zero-order valence-electron chi connectivity index (χ0n) is 13.1. The fraction of sp³-hybridized carbons (Fsp3) is 0.0588. The number of hydrogen-bond donors (Lipinski definition) is 1.